The highest BCUT2D eigenvalue weighted by molar-refractivity contribution is 5.74. The van der Waals surface area contributed by atoms with Crippen molar-refractivity contribution >= 4 is 12.0 Å². The van der Waals surface area contributed by atoms with E-state index < -0.39 is 5.97 Å². The number of hydrogen-bond donors (Lipinski definition) is 2. The molecule has 1 rings (SSSR count). The fraction of sp³-hybridized carbons (Fsp3) is 0.846. The van der Waals surface area contributed by atoms with Gasteiger partial charge in [0, 0.05) is 46.3 Å². The highest BCUT2D eigenvalue weighted by atomic mass is 16.4. The van der Waals surface area contributed by atoms with Crippen molar-refractivity contribution in [2.45, 2.75) is 12.8 Å². The lowest BCUT2D eigenvalue weighted by molar-refractivity contribution is -0.137. The van der Waals surface area contributed by atoms with Gasteiger partial charge in [0.05, 0.1) is 6.42 Å². The Morgan fingerprint density at radius 2 is 1.90 bits per heavy atom. The number of piperazine rings is 1. The van der Waals surface area contributed by atoms with E-state index in [-0.39, 0.29) is 12.5 Å². The van der Waals surface area contributed by atoms with Crippen LogP contribution in [-0.2, 0) is 4.79 Å². The molecule has 0 atom stereocenters. The number of hydrogen-bond acceptors (Lipinski definition) is 4. The number of rotatable bonds is 7. The van der Waals surface area contributed by atoms with Crippen LogP contribution in [-0.4, -0.2) is 91.7 Å². The van der Waals surface area contributed by atoms with Gasteiger partial charge < -0.3 is 20.2 Å². The Morgan fingerprint density at radius 1 is 1.25 bits per heavy atom. The van der Waals surface area contributed by atoms with Crippen LogP contribution in [0.15, 0.2) is 0 Å². The van der Waals surface area contributed by atoms with Crippen LogP contribution in [0.25, 0.3) is 0 Å². The second-order valence-corrected chi connectivity index (χ2v) is 5.13. The molecule has 7 nitrogen and oxygen atoms in total. The fourth-order valence-corrected chi connectivity index (χ4v) is 2.25. The number of nitrogens with zero attached hydrogens (tertiary/aromatic N) is 3. The molecule has 0 saturated carbocycles. The van der Waals surface area contributed by atoms with Crippen LogP contribution in [0.1, 0.15) is 12.8 Å². The van der Waals surface area contributed by atoms with Crippen LogP contribution in [0.4, 0.5) is 4.79 Å². The molecule has 1 aliphatic rings. The summed E-state index contributed by atoms with van der Waals surface area (Å²) in [6.45, 7) is 5.07. The van der Waals surface area contributed by atoms with Crippen LogP contribution in [0, 0.1) is 0 Å². The smallest absolute Gasteiger partial charge is 0.319 e. The van der Waals surface area contributed by atoms with E-state index in [1.807, 2.05) is 19.0 Å². The zero-order valence-electron chi connectivity index (χ0n) is 12.5. The van der Waals surface area contributed by atoms with Gasteiger partial charge in [0.25, 0.3) is 0 Å². The highest BCUT2D eigenvalue weighted by Crippen LogP contribution is 2.06. The summed E-state index contributed by atoms with van der Waals surface area (Å²) in [5.41, 5.74) is 0. The van der Waals surface area contributed by atoms with E-state index in [4.69, 9.17) is 5.11 Å². The van der Waals surface area contributed by atoms with Crippen molar-refractivity contribution in [2.24, 2.45) is 0 Å². The van der Waals surface area contributed by atoms with E-state index >= 15 is 0 Å². The van der Waals surface area contributed by atoms with Gasteiger partial charge in [-0.3, -0.25) is 9.69 Å². The zero-order valence-corrected chi connectivity index (χ0v) is 12.5. The minimum Gasteiger partial charge on any atom is -0.481 e. The number of nitrogens with one attached hydrogen (secondary N) is 1. The Morgan fingerprint density at radius 3 is 2.45 bits per heavy atom. The topological polar surface area (TPSA) is 76.1 Å². The van der Waals surface area contributed by atoms with Gasteiger partial charge in [0.1, 0.15) is 0 Å². The number of carbonyl (C=O) groups excluding carboxylic acids is 1. The van der Waals surface area contributed by atoms with E-state index in [9.17, 15) is 9.59 Å². The molecule has 1 heterocycles. The highest BCUT2D eigenvalue weighted by Gasteiger charge is 2.23. The molecule has 1 aliphatic heterocycles. The quantitative estimate of drug-likeness (QED) is 0.631. The summed E-state index contributed by atoms with van der Waals surface area (Å²) in [4.78, 5) is 28.4. The first-order valence-corrected chi connectivity index (χ1v) is 7.13. The molecule has 0 unspecified atom stereocenters. The van der Waals surface area contributed by atoms with Crippen molar-refractivity contribution in [3.8, 4) is 0 Å². The van der Waals surface area contributed by atoms with Crippen molar-refractivity contribution < 1.29 is 14.7 Å². The molecule has 1 saturated heterocycles. The van der Waals surface area contributed by atoms with Crippen molar-refractivity contribution in [2.75, 3.05) is 59.9 Å². The maximum atomic E-state index is 12.2. The Labute approximate surface area is 120 Å². The van der Waals surface area contributed by atoms with Crippen molar-refractivity contribution in [3.05, 3.63) is 0 Å². The molecule has 116 valence electrons. The van der Waals surface area contributed by atoms with Crippen molar-refractivity contribution in [1.82, 2.24) is 20.0 Å². The molecule has 0 radical (unpaired) electrons. The summed E-state index contributed by atoms with van der Waals surface area (Å²) >= 11 is 0. The average molecular weight is 286 g/mol. The molecule has 0 aromatic carbocycles. The van der Waals surface area contributed by atoms with Crippen LogP contribution in [0.3, 0.4) is 0 Å². The largest absolute Gasteiger partial charge is 0.481 e. The van der Waals surface area contributed by atoms with Crippen LogP contribution in [0.5, 0.6) is 0 Å². The predicted molar refractivity (Wildman–Crippen MR) is 76.8 cm³/mol. The Balaban J connectivity index is 2.26. The molecular weight excluding hydrogens is 260 g/mol. The zero-order chi connectivity index (χ0) is 15.0. The van der Waals surface area contributed by atoms with Gasteiger partial charge in [-0.05, 0) is 20.0 Å². The lowest BCUT2D eigenvalue weighted by Crippen LogP contribution is -2.52. The van der Waals surface area contributed by atoms with Gasteiger partial charge in [-0.25, -0.2) is 4.79 Å². The summed E-state index contributed by atoms with van der Waals surface area (Å²) in [6.07, 6.45) is 1.11. The summed E-state index contributed by atoms with van der Waals surface area (Å²) in [5.74, 6) is -0.771. The molecule has 7 heteroatoms. The van der Waals surface area contributed by atoms with Gasteiger partial charge in [0.2, 0.25) is 0 Å². The van der Waals surface area contributed by atoms with Gasteiger partial charge in [0.15, 0.2) is 0 Å². The van der Waals surface area contributed by atoms with Crippen LogP contribution >= 0.6 is 0 Å². The van der Waals surface area contributed by atoms with Crippen molar-refractivity contribution in [1.29, 1.82) is 0 Å². The molecule has 0 bridgehead atoms. The Hall–Kier alpha value is -1.34. The maximum absolute atomic E-state index is 12.2. The van der Waals surface area contributed by atoms with Crippen LogP contribution < -0.4 is 5.32 Å². The minimum atomic E-state index is -0.771. The summed E-state index contributed by atoms with van der Waals surface area (Å²) in [7, 11) is 3.73. The molecule has 0 aliphatic carbocycles. The first kappa shape index (κ1) is 16.7. The third-order valence-corrected chi connectivity index (χ3v) is 3.53. The summed E-state index contributed by atoms with van der Waals surface area (Å²) < 4.78 is 0. The molecule has 0 aromatic rings. The number of carboxylic acids is 1. The third kappa shape index (κ3) is 5.75. The molecule has 2 amide bonds. The van der Waals surface area contributed by atoms with Gasteiger partial charge in [-0.2, -0.15) is 0 Å². The summed E-state index contributed by atoms with van der Waals surface area (Å²) in [5, 5.41) is 11.7. The molecule has 1 fully saturated rings. The monoisotopic (exact) mass is 286 g/mol. The van der Waals surface area contributed by atoms with Crippen molar-refractivity contribution in [3.63, 3.8) is 0 Å². The third-order valence-electron chi connectivity index (χ3n) is 3.53. The van der Waals surface area contributed by atoms with E-state index in [1.165, 1.54) is 0 Å². The van der Waals surface area contributed by atoms with Crippen LogP contribution in [0.2, 0.25) is 0 Å². The molecule has 0 aromatic heterocycles. The first-order valence-electron chi connectivity index (χ1n) is 7.13. The SMILES string of the molecule is CNCCCN(C)C(=O)N1CCN(CCC(=O)O)CC1. The average Bonchev–Trinajstić information content (AvgIpc) is 2.45. The maximum Gasteiger partial charge on any atom is 0.319 e. The number of amides is 2. The predicted octanol–water partition coefficient (Wildman–Crippen LogP) is -0.260. The van der Waals surface area contributed by atoms with Gasteiger partial charge in [-0.1, -0.05) is 0 Å². The van der Waals surface area contributed by atoms with Gasteiger partial charge in [-0.15, -0.1) is 0 Å². The van der Waals surface area contributed by atoms with E-state index in [1.54, 1.807) is 4.90 Å². The number of aliphatic carboxylic acids is 1. The molecule has 2 N–H and O–H groups in total. The molecular formula is C13H26N4O3. The molecule has 20 heavy (non-hydrogen) atoms. The number of urea groups is 1. The lowest BCUT2D eigenvalue weighted by atomic mass is 10.3. The fourth-order valence-electron chi connectivity index (χ4n) is 2.25. The number of carbonyl (C=O) groups is 2. The van der Waals surface area contributed by atoms with E-state index in [2.05, 4.69) is 10.2 Å². The van der Waals surface area contributed by atoms with E-state index in [0.717, 1.165) is 32.6 Å². The lowest BCUT2D eigenvalue weighted by Gasteiger charge is -2.36. The Bertz CT molecular complexity index is 317. The standard InChI is InChI=1S/C13H26N4O3/c1-14-5-3-6-15(2)13(20)17-10-8-16(9-11-17)7-4-12(18)19/h14H,3-11H2,1-2H3,(H,18,19). The van der Waals surface area contributed by atoms with E-state index in [0.29, 0.717) is 19.6 Å². The number of carboxylic acid groups (broad SMARTS) is 1. The van der Waals surface area contributed by atoms with Gasteiger partial charge >= 0.3 is 12.0 Å². The Kier molecular flexibility index (Phi) is 7.32. The second-order valence-electron chi connectivity index (χ2n) is 5.13. The summed E-state index contributed by atoms with van der Waals surface area (Å²) in [6, 6.07) is 0.0685. The second kappa shape index (κ2) is 8.76. The minimum absolute atomic E-state index is 0.0685. The molecule has 0 spiro atoms. The normalized spacial score (nSPS) is 16.2. The first-order chi connectivity index (χ1) is 9.54.